The summed E-state index contributed by atoms with van der Waals surface area (Å²) < 4.78 is 10.7. The maximum Gasteiger partial charge on any atom is 0.262 e. The van der Waals surface area contributed by atoms with Gasteiger partial charge in [-0.15, -0.1) is 0 Å². The lowest BCUT2D eigenvalue weighted by Crippen LogP contribution is -2.41. The molecule has 2 N–H and O–H groups in total. The molecule has 29 heavy (non-hydrogen) atoms. The molecule has 1 aliphatic heterocycles. The van der Waals surface area contributed by atoms with Crippen LogP contribution in [0, 0.1) is 0 Å². The van der Waals surface area contributed by atoms with Crippen LogP contribution in [0.15, 0.2) is 42.5 Å². The van der Waals surface area contributed by atoms with Crippen molar-refractivity contribution in [2.75, 3.05) is 50.1 Å². The van der Waals surface area contributed by atoms with Gasteiger partial charge < -0.3 is 20.1 Å². The predicted molar refractivity (Wildman–Crippen MR) is 113 cm³/mol. The second kappa shape index (κ2) is 10.5. The third-order valence-corrected chi connectivity index (χ3v) is 4.72. The molecule has 2 aromatic rings. The largest absolute Gasteiger partial charge is 0.482 e. The number of nitrogens with one attached hydrogen (secondary N) is 2. The fourth-order valence-corrected chi connectivity index (χ4v) is 3.06. The van der Waals surface area contributed by atoms with Crippen LogP contribution in [0.2, 0.25) is 10.0 Å². The highest BCUT2D eigenvalue weighted by Crippen LogP contribution is 2.27. The highest BCUT2D eigenvalue weighted by atomic mass is 35.5. The number of nitrogens with zero attached hydrogens (tertiary/aromatic N) is 1. The quantitative estimate of drug-likeness (QED) is 0.694. The maximum atomic E-state index is 12.1. The molecule has 0 radical (unpaired) electrons. The third-order valence-electron chi connectivity index (χ3n) is 4.18. The lowest BCUT2D eigenvalue weighted by Gasteiger charge is -2.25. The topological polar surface area (TPSA) is 79.9 Å². The molecule has 0 spiro atoms. The van der Waals surface area contributed by atoms with E-state index in [4.69, 9.17) is 32.7 Å². The SMILES string of the molecule is O=C(COc1cc(Cl)ccc1Cl)Nc1ccc(NC(=O)CN2CCOCC2)cc1. The molecule has 0 unspecified atom stereocenters. The van der Waals surface area contributed by atoms with Crippen molar-refractivity contribution >= 4 is 46.4 Å². The molecule has 1 fully saturated rings. The number of carbonyl (C=O) groups is 2. The fraction of sp³-hybridized carbons (Fsp3) is 0.300. The van der Waals surface area contributed by atoms with Crippen LogP contribution >= 0.6 is 23.2 Å². The molecule has 2 amide bonds. The monoisotopic (exact) mass is 437 g/mol. The van der Waals surface area contributed by atoms with Crippen molar-refractivity contribution in [1.82, 2.24) is 4.90 Å². The Morgan fingerprint density at radius 1 is 0.966 bits per heavy atom. The summed E-state index contributed by atoms with van der Waals surface area (Å²) in [5.41, 5.74) is 1.24. The first-order valence-corrected chi connectivity index (χ1v) is 9.83. The first-order valence-electron chi connectivity index (χ1n) is 9.07. The fourth-order valence-electron chi connectivity index (χ4n) is 2.73. The Hall–Kier alpha value is -2.32. The summed E-state index contributed by atoms with van der Waals surface area (Å²) in [5.74, 6) is -0.0896. The molecule has 0 saturated carbocycles. The second-order valence-corrected chi connectivity index (χ2v) is 7.27. The van der Waals surface area contributed by atoms with Crippen molar-refractivity contribution in [3.8, 4) is 5.75 Å². The molecule has 0 bridgehead atoms. The first-order chi connectivity index (χ1) is 14.0. The van der Waals surface area contributed by atoms with Crippen molar-refractivity contribution in [3.63, 3.8) is 0 Å². The Morgan fingerprint density at radius 2 is 1.59 bits per heavy atom. The molecule has 7 nitrogen and oxygen atoms in total. The molecule has 0 aromatic heterocycles. The predicted octanol–water partition coefficient (Wildman–Crippen LogP) is 3.28. The first kappa shape index (κ1) is 21.4. The van der Waals surface area contributed by atoms with Gasteiger partial charge in [0.15, 0.2) is 6.61 Å². The molecule has 2 aromatic carbocycles. The zero-order valence-electron chi connectivity index (χ0n) is 15.6. The van der Waals surface area contributed by atoms with E-state index in [1.54, 1.807) is 42.5 Å². The van der Waals surface area contributed by atoms with Gasteiger partial charge in [-0.05, 0) is 36.4 Å². The van der Waals surface area contributed by atoms with Crippen LogP contribution in [0.3, 0.4) is 0 Å². The number of hydrogen-bond acceptors (Lipinski definition) is 5. The van der Waals surface area contributed by atoms with Crippen molar-refractivity contribution in [2.45, 2.75) is 0 Å². The minimum atomic E-state index is -0.342. The van der Waals surface area contributed by atoms with E-state index in [-0.39, 0.29) is 18.4 Å². The van der Waals surface area contributed by atoms with Crippen molar-refractivity contribution in [3.05, 3.63) is 52.5 Å². The van der Waals surface area contributed by atoms with Gasteiger partial charge in [0.05, 0.1) is 24.8 Å². The Bertz CT molecular complexity index is 855. The van der Waals surface area contributed by atoms with Gasteiger partial charge in [-0.2, -0.15) is 0 Å². The van der Waals surface area contributed by atoms with Gasteiger partial charge in [-0.3, -0.25) is 14.5 Å². The summed E-state index contributed by atoms with van der Waals surface area (Å²) in [5, 5.41) is 6.40. The Kier molecular flexibility index (Phi) is 7.71. The summed E-state index contributed by atoms with van der Waals surface area (Å²) in [6.45, 7) is 2.91. The van der Waals surface area contributed by atoms with Crippen molar-refractivity contribution in [1.29, 1.82) is 0 Å². The van der Waals surface area contributed by atoms with Gasteiger partial charge in [-0.25, -0.2) is 0 Å². The van der Waals surface area contributed by atoms with E-state index in [0.717, 1.165) is 13.1 Å². The normalized spacial score (nSPS) is 14.3. The highest BCUT2D eigenvalue weighted by Gasteiger charge is 2.14. The van der Waals surface area contributed by atoms with E-state index in [1.165, 1.54) is 0 Å². The molecule has 154 valence electrons. The molecular formula is C20H21Cl2N3O4. The number of morpholine rings is 1. The standard InChI is InChI=1S/C20H21Cl2N3O4/c21-14-1-6-17(22)18(11-14)29-13-20(27)24-16-4-2-15(3-5-16)23-19(26)12-25-7-9-28-10-8-25/h1-6,11H,7-10,12-13H2,(H,23,26)(H,24,27). The Labute approximate surface area is 178 Å². The summed E-state index contributed by atoms with van der Waals surface area (Å²) in [7, 11) is 0. The van der Waals surface area contributed by atoms with Crippen molar-refractivity contribution in [2.24, 2.45) is 0 Å². The summed E-state index contributed by atoms with van der Waals surface area (Å²) in [6.07, 6.45) is 0. The van der Waals surface area contributed by atoms with E-state index in [1.807, 2.05) is 4.90 Å². The number of carbonyl (C=O) groups excluding carboxylic acids is 2. The van der Waals surface area contributed by atoms with E-state index in [2.05, 4.69) is 10.6 Å². The molecule has 1 saturated heterocycles. The minimum Gasteiger partial charge on any atom is -0.482 e. The average Bonchev–Trinajstić information content (AvgIpc) is 2.71. The number of ether oxygens (including phenoxy) is 2. The van der Waals surface area contributed by atoms with Crippen LogP contribution < -0.4 is 15.4 Å². The lowest BCUT2D eigenvalue weighted by molar-refractivity contribution is -0.119. The van der Waals surface area contributed by atoms with E-state index in [0.29, 0.717) is 46.9 Å². The summed E-state index contributed by atoms with van der Waals surface area (Å²) in [6, 6.07) is 11.6. The lowest BCUT2D eigenvalue weighted by atomic mass is 10.2. The molecule has 1 heterocycles. The van der Waals surface area contributed by atoms with E-state index in [9.17, 15) is 9.59 Å². The Balaban J connectivity index is 1.45. The molecule has 0 atom stereocenters. The molecule has 1 aliphatic rings. The smallest absolute Gasteiger partial charge is 0.262 e. The van der Waals surface area contributed by atoms with Gasteiger partial charge in [0.1, 0.15) is 5.75 Å². The number of anilines is 2. The number of benzene rings is 2. The number of amides is 2. The third kappa shape index (κ3) is 6.90. The van der Waals surface area contributed by atoms with E-state index < -0.39 is 0 Å². The zero-order valence-corrected chi connectivity index (χ0v) is 17.1. The maximum absolute atomic E-state index is 12.1. The molecule has 9 heteroatoms. The average molecular weight is 438 g/mol. The second-order valence-electron chi connectivity index (χ2n) is 6.43. The van der Waals surface area contributed by atoms with Crippen LogP contribution in [0.25, 0.3) is 0 Å². The van der Waals surface area contributed by atoms with Gasteiger partial charge >= 0.3 is 0 Å². The summed E-state index contributed by atoms with van der Waals surface area (Å²) in [4.78, 5) is 26.2. The van der Waals surface area contributed by atoms with Crippen LogP contribution in [0.1, 0.15) is 0 Å². The minimum absolute atomic E-state index is 0.0875. The van der Waals surface area contributed by atoms with Crippen molar-refractivity contribution < 1.29 is 19.1 Å². The summed E-state index contributed by atoms with van der Waals surface area (Å²) >= 11 is 11.9. The van der Waals surface area contributed by atoms with E-state index >= 15 is 0 Å². The van der Waals surface area contributed by atoms with Crippen LogP contribution in [0.5, 0.6) is 5.75 Å². The number of rotatable bonds is 7. The molecule has 0 aliphatic carbocycles. The highest BCUT2D eigenvalue weighted by molar-refractivity contribution is 6.34. The number of hydrogen-bond donors (Lipinski definition) is 2. The van der Waals surface area contributed by atoms with Gasteiger partial charge in [0.25, 0.3) is 5.91 Å². The van der Waals surface area contributed by atoms with Gasteiger partial charge in [0.2, 0.25) is 5.91 Å². The van der Waals surface area contributed by atoms with Crippen LogP contribution in [0.4, 0.5) is 11.4 Å². The molecular weight excluding hydrogens is 417 g/mol. The van der Waals surface area contributed by atoms with Crippen LogP contribution in [-0.4, -0.2) is 56.2 Å². The van der Waals surface area contributed by atoms with Gasteiger partial charge in [-0.1, -0.05) is 23.2 Å². The zero-order chi connectivity index (χ0) is 20.6. The number of halogens is 2. The Morgan fingerprint density at radius 3 is 2.24 bits per heavy atom. The van der Waals surface area contributed by atoms with Gasteiger partial charge in [0, 0.05) is 35.6 Å². The van der Waals surface area contributed by atoms with Crippen LogP contribution in [-0.2, 0) is 14.3 Å². The molecule has 3 rings (SSSR count).